The van der Waals surface area contributed by atoms with Crippen molar-refractivity contribution in [2.24, 2.45) is 44.8 Å². The number of amides is 2. The minimum atomic E-state index is -0.670. The summed E-state index contributed by atoms with van der Waals surface area (Å²) in [4.78, 5) is 45.3. The van der Waals surface area contributed by atoms with Crippen molar-refractivity contribution in [3.63, 3.8) is 0 Å². The lowest BCUT2D eigenvalue weighted by molar-refractivity contribution is -0.160. The van der Waals surface area contributed by atoms with Gasteiger partial charge in [0.2, 0.25) is 5.70 Å². The highest BCUT2D eigenvalue weighted by Crippen LogP contribution is 2.73. The monoisotopic (exact) mass is 595 g/mol. The SMILES string of the molecule is [C-]#[N+]C1=C[C@]2(C)C3=CC(=O)[C@@H]4[C@@H]5CC(C)(C)CC[C@]5(NC(=O)Nc5ccc(C)cc5)CC[C@@]4(C)[C@]3(C)CC[C@H]2C(C)(C)C1=O. The van der Waals surface area contributed by atoms with Crippen LogP contribution in [0.3, 0.4) is 0 Å². The van der Waals surface area contributed by atoms with Crippen molar-refractivity contribution >= 4 is 23.3 Å². The number of hydrogen-bond acceptors (Lipinski definition) is 3. The van der Waals surface area contributed by atoms with Crippen LogP contribution in [-0.2, 0) is 9.59 Å². The normalized spacial score (nSPS) is 40.1. The van der Waals surface area contributed by atoms with Crippen LogP contribution in [0.5, 0.6) is 0 Å². The second-order valence-corrected chi connectivity index (χ2v) is 16.8. The third kappa shape index (κ3) is 4.21. The van der Waals surface area contributed by atoms with E-state index in [-0.39, 0.29) is 57.3 Å². The summed E-state index contributed by atoms with van der Waals surface area (Å²) in [5, 5.41) is 6.53. The summed E-state index contributed by atoms with van der Waals surface area (Å²) in [5.41, 5.74) is 1.04. The smallest absolute Gasteiger partial charge is 0.319 e. The predicted molar refractivity (Wildman–Crippen MR) is 174 cm³/mol. The number of anilines is 1. The fourth-order valence-corrected chi connectivity index (χ4v) is 10.8. The molecule has 6 nitrogen and oxygen atoms in total. The first-order valence-electron chi connectivity index (χ1n) is 16.5. The van der Waals surface area contributed by atoms with Crippen LogP contribution >= 0.6 is 0 Å². The minimum absolute atomic E-state index is 0.0140. The largest absolute Gasteiger partial charge is 0.332 e. The Morgan fingerprint density at radius 2 is 1.59 bits per heavy atom. The highest BCUT2D eigenvalue weighted by molar-refractivity contribution is 6.03. The molecular formula is C38H49N3O3. The van der Waals surface area contributed by atoms with Gasteiger partial charge < -0.3 is 15.4 Å². The Kier molecular flexibility index (Phi) is 6.76. The van der Waals surface area contributed by atoms with Crippen LogP contribution < -0.4 is 10.6 Å². The van der Waals surface area contributed by atoms with E-state index in [1.807, 2.05) is 57.2 Å². The fourth-order valence-electron chi connectivity index (χ4n) is 10.8. The molecule has 0 bridgehead atoms. The molecule has 3 saturated carbocycles. The molecule has 0 aromatic heterocycles. The van der Waals surface area contributed by atoms with Gasteiger partial charge in [0, 0.05) is 28.0 Å². The van der Waals surface area contributed by atoms with Crippen molar-refractivity contribution in [1.82, 2.24) is 5.32 Å². The maximum absolute atomic E-state index is 14.7. The van der Waals surface area contributed by atoms with Crippen LogP contribution in [0.15, 0.2) is 47.7 Å². The molecule has 5 aliphatic rings. The Balaban J connectivity index is 1.42. The van der Waals surface area contributed by atoms with Gasteiger partial charge >= 0.3 is 6.03 Å². The summed E-state index contributed by atoms with van der Waals surface area (Å²) >= 11 is 0. The van der Waals surface area contributed by atoms with E-state index in [0.717, 1.165) is 61.8 Å². The van der Waals surface area contributed by atoms with Crippen molar-refractivity contribution in [2.45, 2.75) is 106 Å². The molecular weight excluding hydrogens is 546 g/mol. The van der Waals surface area contributed by atoms with Gasteiger partial charge in [-0.25, -0.2) is 9.64 Å². The maximum atomic E-state index is 14.7. The highest BCUT2D eigenvalue weighted by Gasteiger charge is 2.70. The van der Waals surface area contributed by atoms with E-state index in [9.17, 15) is 14.4 Å². The minimum Gasteiger partial charge on any atom is -0.332 e. The van der Waals surface area contributed by atoms with Gasteiger partial charge in [-0.1, -0.05) is 77.8 Å². The third-order valence-corrected chi connectivity index (χ3v) is 13.5. The molecule has 2 amide bonds. The molecule has 0 spiro atoms. The van der Waals surface area contributed by atoms with Gasteiger partial charge in [0.05, 0.1) is 6.57 Å². The van der Waals surface area contributed by atoms with Crippen LogP contribution in [0.2, 0.25) is 0 Å². The van der Waals surface area contributed by atoms with Gasteiger partial charge in [-0.2, -0.15) is 0 Å². The number of carbonyl (C=O) groups is 3. The molecule has 0 aliphatic heterocycles. The molecule has 0 saturated heterocycles. The van der Waals surface area contributed by atoms with E-state index >= 15 is 0 Å². The third-order valence-electron chi connectivity index (χ3n) is 13.5. The Bertz CT molecular complexity index is 1540. The van der Waals surface area contributed by atoms with Gasteiger partial charge in [-0.3, -0.25) is 4.79 Å². The molecule has 6 rings (SSSR count). The number of benzene rings is 1. The number of carbonyl (C=O) groups excluding carboxylic acids is 3. The van der Waals surface area contributed by atoms with E-state index in [1.54, 1.807) is 0 Å². The van der Waals surface area contributed by atoms with Gasteiger partial charge in [-0.05, 0) is 98.2 Å². The van der Waals surface area contributed by atoms with Crippen molar-refractivity contribution in [3.8, 4) is 0 Å². The zero-order valence-electron chi connectivity index (χ0n) is 27.8. The van der Waals surface area contributed by atoms with Gasteiger partial charge in [-0.15, -0.1) is 0 Å². The number of aryl methyl sites for hydroxylation is 1. The van der Waals surface area contributed by atoms with Crippen LogP contribution in [-0.4, -0.2) is 23.1 Å². The summed E-state index contributed by atoms with van der Waals surface area (Å²) < 4.78 is 0. The van der Waals surface area contributed by atoms with Crippen molar-refractivity contribution in [3.05, 3.63) is 64.7 Å². The molecule has 2 N–H and O–H groups in total. The van der Waals surface area contributed by atoms with Crippen molar-refractivity contribution in [1.29, 1.82) is 0 Å². The highest BCUT2D eigenvalue weighted by atomic mass is 16.2. The number of Topliss-reactive ketones (excluding diaryl/α,β-unsaturated/α-hetero) is 1. The second-order valence-electron chi connectivity index (χ2n) is 16.8. The Morgan fingerprint density at radius 1 is 0.932 bits per heavy atom. The standard InChI is InChI=1S/C38H49N3O3/c1-23-10-12-24(13-11-23)40-32(44)41-38-18-16-33(2,3)21-25(38)30-27(42)20-29-35(6)22-26(39-9)31(43)34(4,5)28(35)14-15-36(29,7)37(30,8)17-19-38/h10-13,20,22,25,28,30H,14-19,21H2,1-8H3,(H2,40,41,44)/t25-,28-,30-,35-,36+,37+,38-/m0/s1. The molecule has 0 unspecified atom stereocenters. The molecule has 1 aromatic rings. The Labute approximate surface area is 263 Å². The van der Waals surface area contributed by atoms with Gasteiger partial charge in [0.1, 0.15) is 0 Å². The molecule has 0 radical (unpaired) electrons. The molecule has 44 heavy (non-hydrogen) atoms. The lowest BCUT2D eigenvalue weighted by atomic mass is 9.35. The van der Waals surface area contributed by atoms with E-state index in [0.29, 0.717) is 0 Å². The van der Waals surface area contributed by atoms with E-state index in [4.69, 9.17) is 6.57 Å². The van der Waals surface area contributed by atoms with Crippen molar-refractivity contribution in [2.75, 3.05) is 5.32 Å². The van der Waals surface area contributed by atoms with Crippen LogP contribution in [0, 0.1) is 58.3 Å². The second kappa shape index (κ2) is 9.65. The van der Waals surface area contributed by atoms with E-state index < -0.39 is 16.4 Å². The summed E-state index contributed by atoms with van der Waals surface area (Å²) in [6, 6.07) is 7.63. The average molecular weight is 596 g/mol. The quantitative estimate of drug-likeness (QED) is 0.337. The zero-order chi connectivity index (χ0) is 32.1. The average Bonchev–Trinajstić information content (AvgIpc) is 2.94. The maximum Gasteiger partial charge on any atom is 0.319 e. The molecule has 6 heteroatoms. The topological polar surface area (TPSA) is 79.6 Å². The Hall–Kier alpha value is -3.20. The molecule has 234 valence electrons. The van der Waals surface area contributed by atoms with Gasteiger partial charge in [0.25, 0.3) is 0 Å². The molecule has 5 aliphatic carbocycles. The van der Waals surface area contributed by atoms with Crippen LogP contribution in [0.4, 0.5) is 10.5 Å². The number of ketones is 2. The first-order valence-corrected chi connectivity index (χ1v) is 16.5. The molecule has 7 atom stereocenters. The summed E-state index contributed by atoms with van der Waals surface area (Å²) in [5.74, 6) is -0.0927. The number of nitrogens with one attached hydrogen (secondary N) is 2. The first kappa shape index (κ1) is 30.8. The predicted octanol–water partition coefficient (Wildman–Crippen LogP) is 8.44. The van der Waals surface area contributed by atoms with E-state index in [2.05, 4.69) is 50.1 Å². The number of hydrogen-bond donors (Lipinski definition) is 2. The summed E-state index contributed by atoms with van der Waals surface area (Å²) in [6.45, 7) is 25.3. The zero-order valence-corrected chi connectivity index (χ0v) is 27.8. The fraction of sp³-hybridized carbons (Fsp3) is 0.632. The number of nitrogens with zero attached hydrogens (tertiary/aromatic N) is 1. The summed E-state index contributed by atoms with van der Waals surface area (Å²) in [6.07, 6.45) is 10.0. The molecule has 3 fully saturated rings. The van der Waals surface area contributed by atoms with Crippen LogP contribution in [0.1, 0.15) is 99.0 Å². The lowest BCUT2D eigenvalue weighted by Gasteiger charge is -2.69. The number of urea groups is 1. The number of rotatable bonds is 2. The van der Waals surface area contributed by atoms with Crippen molar-refractivity contribution < 1.29 is 14.4 Å². The number of allylic oxidation sites excluding steroid dienone is 4. The van der Waals surface area contributed by atoms with Crippen LogP contribution in [0.25, 0.3) is 4.85 Å². The summed E-state index contributed by atoms with van der Waals surface area (Å²) in [7, 11) is 0. The first-order chi connectivity index (χ1) is 20.4. The molecule has 1 aromatic carbocycles. The van der Waals surface area contributed by atoms with Gasteiger partial charge in [0.15, 0.2) is 11.6 Å². The van der Waals surface area contributed by atoms with E-state index in [1.165, 1.54) is 0 Å². The Morgan fingerprint density at radius 3 is 2.25 bits per heavy atom. The number of fused-ring (bicyclic) bond motifs is 7. The molecule has 0 heterocycles. The lowest BCUT2D eigenvalue weighted by Crippen LogP contribution is -2.70.